The summed E-state index contributed by atoms with van der Waals surface area (Å²) in [4.78, 5) is 34.2. The largest absolute Gasteiger partial charge is 0.481 e. The molecule has 0 fully saturated rings. The standard InChI is InChI=1S/C22H34O6/c1-2-3-4-8-11-16-14-15-17(20(22(27)28)19(16)21(25)26)12-9-6-5-7-10-13-18(23)24/h8,11,14-17,19-20H,2-7,9-10,12-13H2,1H3,(H,23,24)(H,25,26)(H,27,28)/t16?,17?,19-,20-/m1/s1. The number of carboxylic acids is 3. The molecule has 0 aromatic heterocycles. The van der Waals surface area contributed by atoms with E-state index >= 15 is 0 Å². The van der Waals surface area contributed by atoms with E-state index in [9.17, 15) is 24.6 Å². The van der Waals surface area contributed by atoms with Crippen LogP contribution in [0.1, 0.15) is 71.1 Å². The molecule has 28 heavy (non-hydrogen) atoms. The van der Waals surface area contributed by atoms with Crippen molar-refractivity contribution >= 4 is 17.9 Å². The Balaban J connectivity index is 2.65. The molecule has 6 nitrogen and oxygen atoms in total. The maximum absolute atomic E-state index is 11.9. The molecular weight excluding hydrogens is 360 g/mol. The van der Waals surface area contributed by atoms with E-state index in [1.54, 1.807) is 0 Å². The van der Waals surface area contributed by atoms with Crippen LogP contribution in [0.15, 0.2) is 24.3 Å². The average molecular weight is 395 g/mol. The molecule has 1 rings (SSSR count). The van der Waals surface area contributed by atoms with Gasteiger partial charge < -0.3 is 15.3 Å². The van der Waals surface area contributed by atoms with Gasteiger partial charge >= 0.3 is 17.9 Å². The molecule has 0 bridgehead atoms. The van der Waals surface area contributed by atoms with Crippen LogP contribution >= 0.6 is 0 Å². The monoisotopic (exact) mass is 394 g/mol. The van der Waals surface area contributed by atoms with Crippen LogP contribution in [0.2, 0.25) is 0 Å². The second-order valence-electron chi connectivity index (χ2n) is 7.62. The van der Waals surface area contributed by atoms with Crippen molar-refractivity contribution in [2.75, 3.05) is 0 Å². The highest BCUT2D eigenvalue weighted by Gasteiger charge is 2.44. The van der Waals surface area contributed by atoms with E-state index in [2.05, 4.69) is 6.92 Å². The SMILES string of the molecule is CCCCC=CC1C=CC(CCCCCCCC(=O)O)[C@@H](C(=O)O)[C@@H]1C(=O)O. The summed E-state index contributed by atoms with van der Waals surface area (Å²) < 4.78 is 0. The zero-order valence-corrected chi connectivity index (χ0v) is 16.8. The number of aliphatic carboxylic acids is 3. The van der Waals surface area contributed by atoms with Gasteiger partial charge in [0.2, 0.25) is 0 Å². The van der Waals surface area contributed by atoms with Crippen LogP contribution in [-0.4, -0.2) is 33.2 Å². The Bertz CT molecular complexity index is 565. The number of unbranched alkanes of at least 4 members (excludes halogenated alkanes) is 6. The van der Waals surface area contributed by atoms with Crippen LogP contribution in [-0.2, 0) is 14.4 Å². The van der Waals surface area contributed by atoms with E-state index in [1.807, 2.05) is 24.3 Å². The number of carbonyl (C=O) groups is 3. The maximum atomic E-state index is 11.9. The van der Waals surface area contributed by atoms with Crippen LogP contribution in [0.3, 0.4) is 0 Å². The quantitative estimate of drug-likeness (QED) is 0.289. The fourth-order valence-corrected chi connectivity index (χ4v) is 3.89. The molecule has 3 N–H and O–H groups in total. The van der Waals surface area contributed by atoms with Gasteiger partial charge in [-0.25, -0.2) is 0 Å². The highest BCUT2D eigenvalue weighted by atomic mass is 16.4. The molecule has 6 heteroatoms. The molecule has 0 aromatic carbocycles. The average Bonchev–Trinajstić information content (AvgIpc) is 2.63. The van der Waals surface area contributed by atoms with E-state index in [0.717, 1.165) is 44.9 Å². The van der Waals surface area contributed by atoms with Gasteiger partial charge in [-0.05, 0) is 25.2 Å². The minimum absolute atomic E-state index is 0.180. The molecule has 0 saturated carbocycles. The fraction of sp³-hybridized carbons (Fsp3) is 0.682. The van der Waals surface area contributed by atoms with Crippen molar-refractivity contribution in [2.24, 2.45) is 23.7 Å². The molecule has 0 saturated heterocycles. The summed E-state index contributed by atoms with van der Waals surface area (Å²) in [6.07, 6.45) is 15.5. The summed E-state index contributed by atoms with van der Waals surface area (Å²) in [5.41, 5.74) is 0. The Morgan fingerprint density at radius 1 is 0.857 bits per heavy atom. The van der Waals surface area contributed by atoms with E-state index in [4.69, 9.17) is 5.11 Å². The van der Waals surface area contributed by atoms with Crippen LogP contribution in [0.5, 0.6) is 0 Å². The third-order valence-corrected chi connectivity index (χ3v) is 5.42. The highest BCUT2D eigenvalue weighted by Crippen LogP contribution is 2.38. The highest BCUT2D eigenvalue weighted by molar-refractivity contribution is 5.81. The number of hydrogen-bond donors (Lipinski definition) is 3. The smallest absolute Gasteiger partial charge is 0.308 e. The lowest BCUT2D eigenvalue weighted by Gasteiger charge is -2.33. The van der Waals surface area contributed by atoms with Gasteiger partial charge in [0.05, 0.1) is 11.8 Å². The van der Waals surface area contributed by atoms with Crippen molar-refractivity contribution < 1.29 is 29.7 Å². The molecule has 1 aliphatic rings. The van der Waals surface area contributed by atoms with Gasteiger partial charge in [-0.15, -0.1) is 0 Å². The molecule has 4 atom stereocenters. The van der Waals surface area contributed by atoms with Crippen molar-refractivity contribution in [3.05, 3.63) is 24.3 Å². The van der Waals surface area contributed by atoms with E-state index < -0.39 is 29.7 Å². The summed E-state index contributed by atoms with van der Waals surface area (Å²) in [6.45, 7) is 2.09. The zero-order chi connectivity index (χ0) is 20.9. The molecule has 2 unspecified atom stereocenters. The Morgan fingerprint density at radius 3 is 2.11 bits per heavy atom. The molecule has 158 valence electrons. The van der Waals surface area contributed by atoms with Gasteiger partial charge in [0.15, 0.2) is 0 Å². The Kier molecular flexibility index (Phi) is 11.2. The minimum Gasteiger partial charge on any atom is -0.481 e. The lowest BCUT2D eigenvalue weighted by Crippen LogP contribution is -2.41. The molecule has 0 radical (unpaired) electrons. The lowest BCUT2D eigenvalue weighted by molar-refractivity contribution is -0.157. The first kappa shape index (κ1) is 23.9. The maximum Gasteiger partial charge on any atom is 0.308 e. The van der Waals surface area contributed by atoms with Crippen LogP contribution in [0.25, 0.3) is 0 Å². The number of allylic oxidation sites excluding steroid dienone is 4. The van der Waals surface area contributed by atoms with E-state index in [1.165, 1.54) is 0 Å². The van der Waals surface area contributed by atoms with Gasteiger partial charge in [-0.3, -0.25) is 14.4 Å². The predicted molar refractivity (Wildman–Crippen MR) is 107 cm³/mol. The molecular formula is C22H34O6. The van der Waals surface area contributed by atoms with Gasteiger partial charge in [0.25, 0.3) is 0 Å². The van der Waals surface area contributed by atoms with Crippen LogP contribution in [0.4, 0.5) is 0 Å². The number of hydrogen-bond acceptors (Lipinski definition) is 3. The second kappa shape index (κ2) is 13.1. The topological polar surface area (TPSA) is 112 Å². The molecule has 0 heterocycles. The Hall–Kier alpha value is -2.11. The molecule has 1 aliphatic carbocycles. The first-order valence-corrected chi connectivity index (χ1v) is 10.4. The third kappa shape index (κ3) is 8.28. The molecule has 0 amide bonds. The fourth-order valence-electron chi connectivity index (χ4n) is 3.89. The van der Waals surface area contributed by atoms with E-state index in [0.29, 0.717) is 12.8 Å². The predicted octanol–water partition coefficient (Wildman–Crippen LogP) is 4.75. The first-order valence-electron chi connectivity index (χ1n) is 10.4. The van der Waals surface area contributed by atoms with Gasteiger partial charge in [-0.2, -0.15) is 0 Å². The van der Waals surface area contributed by atoms with Crippen molar-refractivity contribution in [3.63, 3.8) is 0 Å². The molecule has 0 aromatic rings. The van der Waals surface area contributed by atoms with Gasteiger partial charge in [0, 0.05) is 12.3 Å². The number of rotatable bonds is 14. The first-order chi connectivity index (χ1) is 13.4. The summed E-state index contributed by atoms with van der Waals surface area (Å²) in [5, 5.41) is 28.0. The normalized spacial score (nSPS) is 24.5. The summed E-state index contributed by atoms with van der Waals surface area (Å²) in [6, 6.07) is 0. The van der Waals surface area contributed by atoms with Crippen LogP contribution in [0, 0.1) is 23.7 Å². The second-order valence-corrected chi connectivity index (χ2v) is 7.62. The third-order valence-electron chi connectivity index (χ3n) is 5.42. The lowest BCUT2D eigenvalue weighted by atomic mass is 9.69. The molecule has 0 aliphatic heterocycles. The van der Waals surface area contributed by atoms with Crippen molar-refractivity contribution in [3.8, 4) is 0 Å². The minimum atomic E-state index is -1.06. The number of carboxylic acid groups (broad SMARTS) is 3. The van der Waals surface area contributed by atoms with Gasteiger partial charge in [0.1, 0.15) is 0 Å². The van der Waals surface area contributed by atoms with Crippen molar-refractivity contribution in [2.45, 2.75) is 71.1 Å². The summed E-state index contributed by atoms with van der Waals surface area (Å²) >= 11 is 0. The molecule has 0 spiro atoms. The van der Waals surface area contributed by atoms with Crippen LogP contribution < -0.4 is 0 Å². The van der Waals surface area contributed by atoms with Gasteiger partial charge in [-0.1, -0.05) is 69.8 Å². The van der Waals surface area contributed by atoms with E-state index in [-0.39, 0.29) is 18.3 Å². The zero-order valence-electron chi connectivity index (χ0n) is 16.8. The summed E-state index contributed by atoms with van der Waals surface area (Å²) in [5.74, 6) is -5.41. The van der Waals surface area contributed by atoms with Crippen molar-refractivity contribution in [1.82, 2.24) is 0 Å². The van der Waals surface area contributed by atoms with Crippen molar-refractivity contribution in [1.29, 1.82) is 0 Å². The Labute approximate surface area is 167 Å². The Morgan fingerprint density at radius 2 is 1.50 bits per heavy atom. The summed E-state index contributed by atoms with van der Waals surface area (Å²) in [7, 11) is 0.